The molecular weight excluding hydrogens is 273 g/mol. The molecule has 56 valence electrons. The number of benzene rings is 1. The zero-order valence-electron chi connectivity index (χ0n) is 6.86. The molecule has 0 N–H and O–H groups in total. The molecule has 0 spiro atoms. The number of carbonyl (C=O) groups is 1. The third-order valence-electron chi connectivity index (χ3n) is 1.21. The molecule has 0 fully saturated rings. The fourth-order valence-electron chi connectivity index (χ4n) is 0.728. The van der Waals surface area contributed by atoms with Gasteiger partial charge in [0.1, 0.15) is 0 Å². The van der Waals surface area contributed by atoms with Crippen LogP contribution in [-0.4, -0.2) is 5.97 Å². The van der Waals surface area contributed by atoms with E-state index >= 15 is 0 Å². The number of hydrogen-bond donors (Lipinski definition) is 0. The quantitative estimate of drug-likeness (QED) is 0.560. The summed E-state index contributed by atoms with van der Waals surface area (Å²) in [4.78, 5) is 9.97. The summed E-state index contributed by atoms with van der Waals surface area (Å²) in [5.41, 5.74) is 0.858. The molecule has 0 aliphatic heterocycles. The van der Waals surface area contributed by atoms with Gasteiger partial charge in [-0.25, -0.2) is 0 Å². The van der Waals surface area contributed by atoms with E-state index in [-0.39, 0.29) is 68.9 Å². The largest absolute Gasteiger partial charge is 1.00 e. The monoisotopic (exact) mass is 280 g/mol. The minimum absolute atomic E-state index is 0. The molecule has 3 heteroatoms. The van der Waals surface area contributed by atoms with E-state index in [4.69, 9.17) is 0 Å². The first kappa shape index (κ1) is 12.5. The molecule has 12 heavy (non-hydrogen) atoms. The van der Waals surface area contributed by atoms with Crippen LogP contribution in [0.4, 0.5) is 0 Å². The van der Waals surface area contributed by atoms with E-state index in [1.807, 2.05) is 30.3 Å². The number of rotatable bonds is 2. The Morgan fingerprint density at radius 3 is 2.33 bits per heavy atom. The summed E-state index contributed by atoms with van der Waals surface area (Å²) in [6.07, 6.45) is 2.50. The molecule has 0 saturated heterocycles. The van der Waals surface area contributed by atoms with Gasteiger partial charge in [-0.2, -0.15) is 0 Å². The zero-order valence-corrected chi connectivity index (χ0v) is 13.1. The molecule has 1 aromatic carbocycles. The average molecular weight is 280 g/mol. The number of hydrogen-bond acceptors (Lipinski definition) is 2. The Labute approximate surface area is 130 Å². The Kier molecular flexibility index (Phi) is 7.22. The molecule has 0 radical (unpaired) electrons. The molecule has 1 aromatic rings. The van der Waals surface area contributed by atoms with Crippen molar-refractivity contribution in [3.8, 4) is 0 Å². The Morgan fingerprint density at radius 2 is 1.83 bits per heavy atom. The molecule has 0 heterocycles. The Hall–Kier alpha value is 0.482. The molecule has 0 aliphatic carbocycles. The standard InChI is InChI=1S/C9H8O2.Cs/c10-9(11)7-6-8-4-2-1-3-5-8;/h1-7H,(H,10,11);/q;+1/p-1/b7-6+;. The zero-order chi connectivity index (χ0) is 8.10. The van der Waals surface area contributed by atoms with Crippen LogP contribution in [0.25, 0.3) is 6.08 Å². The van der Waals surface area contributed by atoms with Crippen LogP contribution in [0.15, 0.2) is 36.4 Å². The van der Waals surface area contributed by atoms with Crippen molar-refractivity contribution in [2.45, 2.75) is 0 Å². The number of carbonyl (C=O) groups excluding carboxylic acids is 1. The maximum absolute atomic E-state index is 9.97. The van der Waals surface area contributed by atoms with Crippen molar-refractivity contribution in [3.63, 3.8) is 0 Å². The topological polar surface area (TPSA) is 40.1 Å². The van der Waals surface area contributed by atoms with Crippen LogP contribution in [0, 0.1) is 0 Å². The minimum atomic E-state index is -1.17. The average Bonchev–Trinajstić information content (AvgIpc) is 2.03. The van der Waals surface area contributed by atoms with Gasteiger partial charge in [0, 0.05) is 0 Å². The maximum Gasteiger partial charge on any atom is 1.00 e. The second-order valence-electron chi connectivity index (χ2n) is 2.06. The normalized spacial score (nSPS) is 9.33. The fraction of sp³-hybridized carbons (Fsp3) is 0. The second kappa shape index (κ2) is 6.94. The molecule has 0 amide bonds. The van der Waals surface area contributed by atoms with Crippen LogP contribution in [0.5, 0.6) is 0 Å². The molecule has 0 aliphatic rings. The first-order valence-electron chi connectivity index (χ1n) is 3.23. The number of aliphatic carboxylic acids is 1. The van der Waals surface area contributed by atoms with Crippen molar-refractivity contribution in [1.82, 2.24) is 0 Å². The van der Waals surface area contributed by atoms with Gasteiger partial charge in [0.15, 0.2) is 0 Å². The van der Waals surface area contributed by atoms with Gasteiger partial charge in [0.05, 0.1) is 5.97 Å². The Balaban J connectivity index is 0.00000121. The van der Waals surface area contributed by atoms with Gasteiger partial charge in [-0.1, -0.05) is 36.4 Å². The Bertz CT molecular complexity index is 267. The molecule has 1 rings (SSSR count). The van der Waals surface area contributed by atoms with E-state index in [1.54, 1.807) is 0 Å². The molecule has 0 aromatic heterocycles. The Morgan fingerprint density at radius 1 is 1.25 bits per heavy atom. The van der Waals surface area contributed by atoms with E-state index in [2.05, 4.69) is 0 Å². The predicted octanol–water partition coefficient (Wildman–Crippen LogP) is -2.55. The van der Waals surface area contributed by atoms with Crippen molar-refractivity contribution < 1.29 is 78.8 Å². The van der Waals surface area contributed by atoms with Gasteiger partial charge in [-0.05, 0) is 11.6 Å². The molecule has 0 atom stereocenters. The number of carboxylic acids is 1. The molecule has 0 unspecified atom stereocenters. The van der Waals surface area contributed by atoms with E-state index < -0.39 is 5.97 Å². The summed E-state index contributed by atoms with van der Waals surface area (Å²) in [5, 5.41) is 9.97. The third-order valence-corrected chi connectivity index (χ3v) is 1.21. The smallest absolute Gasteiger partial charge is 0.545 e. The summed E-state index contributed by atoms with van der Waals surface area (Å²) >= 11 is 0. The van der Waals surface area contributed by atoms with Crippen LogP contribution < -0.4 is 74.0 Å². The summed E-state index contributed by atoms with van der Waals surface area (Å²) in [6.45, 7) is 0. The van der Waals surface area contributed by atoms with Gasteiger partial charge in [0.25, 0.3) is 0 Å². The van der Waals surface area contributed by atoms with Crippen LogP contribution in [-0.2, 0) is 4.79 Å². The van der Waals surface area contributed by atoms with E-state index in [0.717, 1.165) is 11.6 Å². The van der Waals surface area contributed by atoms with E-state index in [1.165, 1.54) is 6.08 Å². The molecule has 0 bridgehead atoms. The van der Waals surface area contributed by atoms with Crippen molar-refractivity contribution in [2.24, 2.45) is 0 Å². The summed E-state index contributed by atoms with van der Waals surface area (Å²) in [5.74, 6) is -1.17. The van der Waals surface area contributed by atoms with Crippen LogP contribution >= 0.6 is 0 Å². The van der Waals surface area contributed by atoms with Crippen molar-refractivity contribution in [1.29, 1.82) is 0 Å². The van der Waals surface area contributed by atoms with Gasteiger partial charge in [-0.15, -0.1) is 0 Å². The first-order valence-corrected chi connectivity index (χ1v) is 3.23. The van der Waals surface area contributed by atoms with Gasteiger partial charge in [-0.3, -0.25) is 0 Å². The summed E-state index contributed by atoms with van der Waals surface area (Å²) in [7, 11) is 0. The number of carboxylic acid groups (broad SMARTS) is 1. The van der Waals surface area contributed by atoms with Crippen LogP contribution in [0.1, 0.15) is 5.56 Å². The summed E-state index contributed by atoms with van der Waals surface area (Å²) in [6, 6.07) is 9.19. The van der Waals surface area contributed by atoms with Gasteiger partial charge in [0.2, 0.25) is 0 Å². The fourth-order valence-corrected chi connectivity index (χ4v) is 0.728. The van der Waals surface area contributed by atoms with Crippen molar-refractivity contribution >= 4 is 12.0 Å². The third kappa shape index (κ3) is 5.18. The molecular formula is C9H7CsO2. The summed E-state index contributed by atoms with van der Waals surface area (Å²) < 4.78 is 0. The van der Waals surface area contributed by atoms with Gasteiger partial charge >= 0.3 is 68.9 Å². The predicted molar refractivity (Wildman–Crippen MR) is 40.5 cm³/mol. The molecule has 2 nitrogen and oxygen atoms in total. The maximum atomic E-state index is 9.97. The van der Waals surface area contributed by atoms with Crippen molar-refractivity contribution in [3.05, 3.63) is 42.0 Å². The second-order valence-corrected chi connectivity index (χ2v) is 2.06. The first-order chi connectivity index (χ1) is 5.29. The van der Waals surface area contributed by atoms with E-state index in [0.29, 0.717) is 0 Å². The van der Waals surface area contributed by atoms with Crippen LogP contribution in [0.2, 0.25) is 0 Å². The van der Waals surface area contributed by atoms with E-state index in [9.17, 15) is 9.90 Å². The molecule has 0 saturated carbocycles. The minimum Gasteiger partial charge on any atom is -0.545 e. The van der Waals surface area contributed by atoms with Gasteiger partial charge < -0.3 is 9.90 Å². The van der Waals surface area contributed by atoms with Crippen LogP contribution in [0.3, 0.4) is 0 Å². The van der Waals surface area contributed by atoms with Crippen molar-refractivity contribution in [2.75, 3.05) is 0 Å². The SMILES string of the molecule is O=C([O-])/C=C/c1ccccc1.[Cs+].